The Morgan fingerprint density at radius 3 is 0.886 bits per heavy atom. The SMILES string of the molecule is CC.CC.CC(=O)c1ccc(C)cc1.CC(=O)c1ccc(C)cc1.c1ccc(Nc2ccc(Nc3ccccc3)cc2)cc1. The van der Waals surface area contributed by atoms with Gasteiger partial charge >= 0.3 is 0 Å². The summed E-state index contributed by atoms with van der Waals surface area (Å²) >= 11 is 0. The standard InChI is InChI=1S/C18H16N2.2C9H10O.2C2H6/c1-3-7-15(8-4-1)19-17-11-13-18(14-12-17)20-16-9-5-2-6-10-16;2*1-7-3-5-9(6-4-7)8(2)10;2*1-2/h1-14,19-20H;2*3-6H,1-2H3;2*1-2H3. The van der Waals surface area contributed by atoms with E-state index in [-0.39, 0.29) is 11.6 Å². The number of benzene rings is 5. The highest BCUT2D eigenvalue weighted by atomic mass is 16.1. The number of rotatable bonds is 6. The fourth-order valence-electron chi connectivity index (χ4n) is 3.59. The first-order chi connectivity index (χ1) is 21.3. The van der Waals surface area contributed by atoms with Crippen LogP contribution in [0.25, 0.3) is 0 Å². The maximum Gasteiger partial charge on any atom is 0.159 e. The molecule has 0 spiro atoms. The van der Waals surface area contributed by atoms with E-state index in [0.29, 0.717) is 0 Å². The van der Waals surface area contributed by atoms with Crippen LogP contribution in [-0.4, -0.2) is 11.6 Å². The van der Waals surface area contributed by atoms with Crippen LogP contribution in [0, 0.1) is 13.8 Å². The van der Waals surface area contributed by atoms with Crippen LogP contribution < -0.4 is 10.6 Å². The fraction of sp³-hybridized carbons (Fsp3) is 0.200. The monoisotopic (exact) mass is 588 g/mol. The van der Waals surface area contributed by atoms with Gasteiger partial charge in [0.2, 0.25) is 0 Å². The highest BCUT2D eigenvalue weighted by Gasteiger charge is 1.97. The molecule has 0 amide bonds. The predicted molar refractivity (Wildman–Crippen MR) is 191 cm³/mol. The van der Waals surface area contributed by atoms with Crippen molar-refractivity contribution in [3.63, 3.8) is 0 Å². The molecule has 0 heterocycles. The minimum absolute atomic E-state index is 0.125. The van der Waals surface area contributed by atoms with E-state index in [2.05, 4.69) is 59.2 Å². The van der Waals surface area contributed by atoms with Crippen molar-refractivity contribution in [3.8, 4) is 0 Å². The molecule has 5 aromatic rings. The molecule has 0 aliphatic carbocycles. The molecular formula is C40H48N2O2. The lowest BCUT2D eigenvalue weighted by Crippen LogP contribution is -1.92. The van der Waals surface area contributed by atoms with E-state index < -0.39 is 0 Å². The van der Waals surface area contributed by atoms with Crippen LogP contribution in [0.3, 0.4) is 0 Å². The van der Waals surface area contributed by atoms with Crippen LogP contribution in [0.4, 0.5) is 22.7 Å². The zero-order valence-corrected chi connectivity index (χ0v) is 27.5. The van der Waals surface area contributed by atoms with Crippen LogP contribution >= 0.6 is 0 Å². The molecule has 5 aromatic carbocycles. The number of carbonyl (C=O) groups is 2. The summed E-state index contributed by atoms with van der Waals surface area (Å²) in [6.07, 6.45) is 0. The predicted octanol–water partition coefficient (Wildman–Crippen LogP) is 11.6. The Hall–Kier alpha value is -4.96. The van der Waals surface area contributed by atoms with Gasteiger partial charge in [0.25, 0.3) is 0 Å². The molecule has 0 aliphatic rings. The minimum Gasteiger partial charge on any atom is -0.356 e. The number of nitrogens with one attached hydrogen (secondary N) is 2. The number of ketones is 2. The first-order valence-electron chi connectivity index (χ1n) is 15.2. The van der Waals surface area contributed by atoms with Gasteiger partial charge in [-0.1, -0.05) is 124 Å². The summed E-state index contributed by atoms with van der Waals surface area (Å²) in [7, 11) is 0. The third-order valence-corrected chi connectivity index (χ3v) is 5.93. The van der Waals surface area contributed by atoms with Gasteiger partial charge in [0.1, 0.15) is 0 Å². The van der Waals surface area contributed by atoms with E-state index in [0.717, 1.165) is 33.9 Å². The van der Waals surface area contributed by atoms with E-state index >= 15 is 0 Å². The lowest BCUT2D eigenvalue weighted by Gasteiger charge is -2.09. The second-order valence-corrected chi connectivity index (χ2v) is 9.40. The highest BCUT2D eigenvalue weighted by Crippen LogP contribution is 2.21. The topological polar surface area (TPSA) is 58.2 Å². The number of hydrogen-bond acceptors (Lipinski definition) is 4. The summed E-state index contributed by atoms with van der Waals surface area (Å²) in [5.41, 5.74) is 8.28. The molecule has 0 radical (unpaired) electrons. The van der Waals surface area contributed by atoms with Crippen LogP contribution in [0.2, 0.25) is 0 Å². The summed E-state index contributed by atoms with van der Waals surface area (Å²) < 4.78 is 0. The van der Waals surface area contributed by atoms with E-state index in [1.54, 1.807) is 13.8 Å². The van der Waals surface area contributed by atoms with E-state index in [1.807, 2.05) is 126 Å². The van der Waals surface area contributed by atoms with Crippen LogP contribution in [-0.2, 0) is 0 Å². The van der Waals surface area contributed by atoms with Gasteiger partial charge in [0.15, 0.2) is 11.6 Å². The molecule has 0 bridgehead atoms. The molecule has 44 heavy (non-hydrogen) atoms. The van der Waals surface area contributed by atoms with Crippen molar-refractivity contribution in [2.45, 2.75) is 55.4 Å². The van der Waals surface area contributed by atoms with Crippen molar-refractivity contribution in [2.75, 3.05) is 10.6 Å². The molecule has 4 heteroatoms. The highest BCUT2D eigenvalue weighted by molar-refractivity contribution is 5.94. The van der Waals surface area contributed by atoms with E-state index in [1.165, 1.54) is 11.1 Å². The van der Waals surface area contributed by atoms with E-state index in [9.17, 15) is 9.59 Å². The fourth-order valence-corrected chi connectivity index (χ4v) is 3.59. The van der Waals surface area contributed by atoms with Crippen molar-refractivity contribution in [1.82, 2.24) is 0 Å². The van der Waals surface area contributed by atoms with Crippen LogP contribution in [0.15, 0.2) is 133 Å². The second kappa shape index (κ2) is 21.7. The van der Waals surface area contributed by atoms with Gasteiger partial charge in [-0.2, -0.15) is 0 Å². The zero-order valence-electron chi connectivity index (χ0n) is 27.5. The molecule has 0 unspecified atom stereocenters. The Kier molecular flexibility index (Phi) is 18.3. The van der Waals surface area contributed by atoms with Crippen molar-refractivity contribution in [3.05, 3.63) is 156 Å². The first-order valence-corrected chi connectivity index (χ1v) is 15.2. The normalized spacial score (nSPS) is 9.09. The molecule has 0 fully saturated rings. The van der Waals surface area contributed by atoms with Gasteiger partial charge in [-0.25, -0.2) is 0 Å². The van der Waals surface area contributed by atoms with Gasteiger partial charge in [-0.05, 0) is 76.2 Å². The van der Waals surface area contributed by atoms with Crippen LogP contribution in [0.5, 0.6) is 0 Å². The summed E-state index contributed by atoms with van der Waals surface area (Å²) in [5, 5.41) is 6.73. The Morgan fingerprint density at radius 1 is 0.386 bits per heavy atom. The van der Waals surface area contributed by atoms with Gasteiger partial charge < -0.3 is 10.6 Å². The lowest BCUT2D eigenvalue weighted by atomic mass is 10.1. The molecule has 230 valence electrons. The number of hydrogen-bond donors (Lipinski definition) is 2. The third-order valence-electron chi connectivity index (χ3n) is 5.93. The molecular weight excluding hydrogens is 540 g/mol. The van der Waals surface area contributed by atoms with Gasteiger partial charge in [0, 0.05) is 33.9 Å². The molecule has 5 rings (SSSR count). The molecule has 4 nitrogen and oxygen atoms in total. The average molecular weight is 589 g/mol. The van der Waals surface area contributed by atoms with Crippen molar-refractivity contribution in [2.24, 2.45) is 0 Å². The number of aryl methyl sites for hydroxylation is 2. The third kappa shape index (κ3) is 14.8. The Labute approximate surface area is 265 Å². The average Bonchev–Trinajstić information content (AvgIpc) is 3.06. The second-order valence-electron chi connectivity index (χ2n) is 9.40. The van der Waals surface area contributed by atoms with E-state index in [4.69, 9.17) is 0 Å². The zero-order chi connectivity index (χ0) is 32.7. The van der Waals surface area contributed by atoms with Crippen molar-refractivity contribution < 1.29 is 9.59 Å². The maximum absolute atomic E-state index is 10.8. The number of carbonyl (C=O) groups excluding carboxylic acids is 2. The lowest BCUT2D eigenvalue weighted by molar-refractivity contribution is 0.100. The smallest absolute Gasteiger partial charge is 0.159 e. The van der Waals surface area contributed by atoms with Gasteiger partial charge in [-0.3, -0.25) is 9.59 Å². The summed E-state index contributed by atoms with van der Waals surface area (Å²) in [6.45, 7) is 15.2. The maximum atomic E-state index is 10.8. The first kappa shape index (κ1) is 37.1. The molecule has 0 atom stereocenters. The number of anilines is 4. The van der Waals surface area contributed by atoms with Crippen molar-refractivity contribution in [1.29, 1.82) is 0 Å². The minimum atomic E-state index is 0.125. The van der Waals surface area contributed by atoms with Gasteiger partial charge in [-0.15, -0.1) is 0 Å². The molecule has 0 saturated carbocycles. The summed E-state index contributed by atoms with van der Waals surface area (Å²) in [6, 6.07) is 43.7. The largest absolute Gasteiger partial charge is 0.356 e. The molecule has 0 aliphatic heterocycles. The molecule has 2 N–H and O–H groups in total. The number of Topliss-reactive ketones (excluding diaryl/α,β-unsaturated/α-hetero) is 2. The van der Waals surface area contributed by atoms with Crippen molar-refractivity contribution >= 4 is 34.3 Å². The van der Waals surface area contributed by atoms with Gasteiger partial charge in [0.05, 0.1) is 0 Å². The summed E-state index contributed by atoms with van der Waals surface area (Å²) in [4.78, 5) is 21.5. The Bertz CT molecular complexity index is 1350. The Morgan fingerprint density at radius 2 is 0.636 bits per heavy atom. The quantitative estimate of drug-likeness (QED) is 0.194. The molecule has 0 aromatic heterocycles. The molecule has 0 saturated heterocycles. The number of para-hydroxylation sites is 2. The Balaban J connectivity index is 0.000000342. The summed E-state index contributed by atoms with van der Waals surface area (Å²) in [5.74, 6) is 0.250. The van der Waals surface area contributed by atoms with Crippen LogP contribution in [0.1, 0.15) is 73.4 Å².